The van der Waals surface area contributed by atoms with Gasteiger partial charge in [-0.25, -0.2) is 0 Å². The van der Waals surface area contributed by atoms with E-state index in [0.29, 0.717) is 12.0 Å². The molecule has 3 N–H and O–H groups in total. The molecule has 0 aromatic heterocycles. The molecule has 0 atom stereocenters. The maximum Gasteiger partial charge on any atom is 0.191 e. The van der Waals surface area contributed by atoms with Crippen LogP contribution < -0.4 is 10.6 Å². The molecule has 4 nitrogen and oxygen atoms in total. The first-order valence-corrected chi connectivity index (χ1v) is 8.72. The van der Waals surface area contributed by atoms with E-state index in [4.69, 9.17) is 4.99 Å². The lowest BCUT2D eigenvalue weighted by atomic mass is 9.64. The molecule has 0 amide bonds. The molecule has 0 spiro atoms. The van der Waals surface area contributed by atoms with Crippen molar-refractivity contribution in [3.05, 3.63) is 0 Å². The fourth-order valence-electron chi connectivity index (χ4n) is 3.57. The highest BCUT2D eigenvalue weighted by Gasteiger charge is 2.37. The third-order valence-corrected chi connectivity index (χ3v) is 5.04. The Kier molecular flexibility index (Phi) is 7.92. The van der Waals surface area contributed by atoms with Gasteiger partial charge in [0.25, 0.3) is 0 Å². The topological polar surface area (TPSA) is 56.7 Å². The van der Waals surface area contributed by atoms with E-state index in [-0.39, 0.29) is 24.0 Å². The molecule has 0 unspecified atom stereocenters. The van der Waals surface area contributed by atoms with Crippen LogP contribution >= 0.6 is 24.0 Å². The first-order valence-electron chi connectivity index (χ1n) is 8.72. The summed E-state index contributed by atoms with van der Waals surface area (Å²) in [6, 6.07) is 0. The lowest BCUT2D eigenvalue weighted by Gasteiger charge is -2.42. The van der Waals surface area contributed by atoms with Crippen molar-refractivity contribution in [3.8, 4) is 0 Å². The van der Waals surface area contributed by atoms with Gasteiger partial charge < -0.3 is 15.7 Å². The van der Waals surface area contributed by atoms with Crippen molar-refractivity contribution in [2.75, 3.05) is 19.6 Å². The van der Waals surface area contributed by atoms with Crippen LogP contribution in [0.15, 0.2) is 4.99 Å². The van der Waals surface area contributed by atoms with Gasteiger partial charge in [0.15, 0.2) is 5.96 Å². The summed E-state index contributed by atoms with van der Waals surface area (Å²) < 4.78 is 0. The Labute approximate surface area is 152 Å². The van der Waals surface area contributed by atoms with Crippen LogP contribution in [-0.2, 0) is 0 Å². The lowest BCUT2D eigenvalue weighted by Crippen LogP contribution is -2.51. The van der Waals surface area contributed by atoms with Crippen molar-refractivity contribution in [3.63, 3.8) is 0 Å². The molecule has 2 fully saturated rings. The largest absolute Gasteiger partial charge is 0.388 e. The first-order chi connectivity index (χ1) is 9.97. The van der Waals surface area contributed by atoms with E-state index >= 15 is 0 Å². The van der Waals surface area contributed by atoms with Crippen LogP contribution in [-0.4, -0.2) is 36.3 Å². The Hall–Kier alpha value is -0.0400. The van der Waals surface area contributed by atoms with Crippen molar-refractivity contribution in [2.24, 2.45) is 16.3 Å². The zero-order chi connectivity index (χ0) is 15.3. The van der Waals surface area contributed by atoms with E-state index < -0.39 is 5.60 Å². The summed E-state index contributed by atoms with van der Waals surface area (Å²) in [6.07, 6.45) is 8.23. The van der Waals surface area contributed by atoms with Crippen molar-refractivity contribution in [2.45, 2.75) is 71.3 Å². The average Bonchev–Trinajstić information content (AvgIpc) is 2.35. The number of aliphatic imine (C=N–C) groups is 1. The summed E-state index contributed by atoms with van der Waals surface area (Å²) in [5.74, 6) is 1.61. The summed E-state index contributed by atoms with van der Waals surface area (Å²) in [5.41, 5.74) is -0.0633. The highest BCUT2D eigenvalue weighted by Crippen LogP contribution is 2.46. The maximum atomic E-state index is 10.2. The number of aliphatic hydroxyl groups is 1. The van der Waals surface area contributed by atoms with Gasteiger partial charge >= 0.3 is 0 Å². The second-order valence-electron chi connectivity index (χ2n) is 7.58. The minimum atomic E-state index is -0.498. The number of guanidine groups is 1. The van der Waals surface area contributed by atoms with Gasteiger partial charge in [0.2, 0.25) is 0 Å². The van der Waals surface area contributed by atoms with Crippen LogP contribution in [0.4, 0.5) is 0 Å². The molecule has 0 aliphatic heterocycles. The van der Waals surface area contributed by atoms with Crippen molar-refractivity contribution in [1.29, 1.82) is 0 Å². The molecular weight excluding hydrogens is 389 g/mol. The summed E-state index contributed by atoms with van der Waals surface area (Å²) in [4.78, 5) is 4.81. The van der Waals surface area contributed by atoms with Crippen molar-refractivity contribution < 1.29 is 5.11 Å². The average molecular weight is 423 g/mol. The van der Waals surface area contributed by atoms with Gasteiger partial charge in [0.05, 0.1) is 5.60 Å². The third-order valence-electron chi connectivity index (χ3n) is 5.04. The molecule has 5 heteroatoms. The quantitative estimate of drug-likeness (QED) is 0.335. The predicted molar refractivity (Wildman–Crippen MR) is 104 cm³/mol. The predicted octanol–water partition coefficient (Wildman–Crippen LogP) is 3.29. The number of halogens is 1. The van der Waals surface area contributed by atoms with Crippen LogP contribution in [0.2, 0.25) is 0 Å². The number of hydrogen-bond acceptors (Lipinski definition) is 2. The zero-order valence-corrected chi connectivity index (χ0v) is 16.8. The van der Waals surface area contributed by atoms with Crippen LogP contribution in [0.1, 0.15) is 65.7 Å². The van der Waals surface area contributed by atoms with Crippen LogP contribution in [0.5, 0.6) is 0 Å². The summed E-state index contributed by atoms with van der Waals surface area (Å²) in [5, 5.41) is 16.8. The summed E-state index contributed by atoms with van der Waals surface area (Å²) >= 11 is 0. The van der Waals surface area contributed by atoms with Gasteiger partial charge in [-0.1, -0.05) is 20.3 Å². The molecule has 2 rings (SSSR count). The molecule has 0 aromatic rings. The molecule has 0 radical (unpaired) electrons. The summed E-state index contributed by atoms with van der Waals surface area (Å²) in [6.45, 7) is 9.09. The molecular formula is C17H34IN3O. The van der Waals surface area contributed by atoms with Gasteiger partial charge in [0.1, 0.15) is 0 Å². The Morgan fingerprint density at radius 3 is 2.18 bits per heavy atom. The first kappa shape index (κ1) is 20.0. The molecule has 0 bridgehead atoms. The van der Waals surface area contributed by atoms with Crippen molar-refractivity contribution in [1.82, 2.24) is 10.6 Å². The van der Waals surface area contributed by atoms with Crippen LogP contribution in [0, 0.1) is 11.3 Å². The molecule has 2 aliphatic rings. The monoisotopic (exact) mass is 423 g/mol. The molecule has 2 saturated carbocycles. The van der Waals surface area contributed by atoms with Gasteiger partial charge in [-0.2, -0.15) is 0 Å². The standard InChI is InChI=1S/C17H33N3O.HI/c1-4-18-15(20-13-17(21)9-6-10-17)19-12-16(7-5-8-16)11-14(2)3;/h14,21H,4-13H2,1-3H3,(H2,18,19,20);1H. The lowest BCUT2D eigenvalue weighted by molar-refractivity contribution is -0.0279. The van der Waals surface area contributed by atoms with Crippen LogP contribution in [0.25, 0.3) is 0 Å². The summed E-state index contributed by atoms with van der Waals surface area (Å²) in [7, 11) is 0. The SMILES string of the molecule is CCNC(=NCC1(CC(C)C)CCC1)NCC1(O)CCC1.I. The maximum absolute atomic E-state index is 10.2. The van der Waals surface area contributed by atoms with E-state index in [1.807, 2.05) is 0 Å². The van der Waals surface area contributed by atoms with E-state index in [1.165, 1.54) is 25.7 Å². The smallest absolute Gasteiger partial charge is 0.191 e. The fraction of sp³-hybridized carbons (Fsp3) is 0.941. The van der Waals surface area contributed by atoms with Gasteiger partial charge in [-0.05, 0) is 56.8 Å². The highest BCUT2D eigenvalue weighted by molar-refractivity contribution is 14.0. The Morgan fingerprint density at radius 2 is 1.77 bits per heavy atom. The molecule has 0 aromatic carbocycles. The molecule has 2 aliphatic carbocycles. The normalized spacial score (nSPS) is 22.3. The number of nitrogens with zero attached hydrogens (tertiary/aromatic N) is 1. The minimum Gasteiger partial charge on any atom is -0.388 e. The van der Waals surface area contributed by atoms with Gasteiger partial charge in [0, 0.05) is 19.6 Å². The number of hydrogen-bond donors (Lipinski definition) is 3. The zero-order valence-electron chi connectivity index (χ0n) is 14.5. The molecule has 0 saturated heterocycles. The second kappa shape index (κ2) is 8.71. The second-order valence-corrected chi connectivity index (χ2v) is 7.58. The van der Waals surface area contributed by atoms with Crippen LogP contribution in [0.3, 0.4) is 0 Å². The van der Waals surface area contributed by atoms with E-state index in [2.05, 4.69) is 31.4 Å². The third kappa shape index (κ3) is 5.55. The number of nitrogens with one attached hydrogen (secondary N) is 2. The van der Waals surface area contributed by atoms with E-state index in [0.717, 1.165) is 44.2 Å². The van der Waals surface area contributed by atoms with Gasteiger partial charge in [-0.3, -0.25) is 4.99 Å². The highest BCUT2D eigenvalue weighted by atomic mass is 127. The Morgan fingerprint density at radius 1 is 1.14 bits per heavy atom. The Bertz CT molecular complexity index is 363. The minimum absolute atomic E-state index is 0. The Balaban J connectivity index is 0.00000242. The van der Waals surface area contributed by atoms with E-state index in [1.54, 1.807) is 0 Å². The molecule has 130 valence electrons. The van der Waals surface area contributed by atoms with Gasteiger partial charge in [-0.15, -0.1) is 24.0 Å². The number of rotatable bonds is 7. The fourth-order valence-corrected chi connectivity index (χ4v) is 3.57. The van der Waals surface area contributed by atoms with E-state index in [9.17, 15) is 5.11 Å². The molecule has 22 heavy (non-hydrogen) atoms. The van der Waals surface area contributed by atoms with Crippen molar-refractivity contribution >= 4 is 29.9 Å². The molecule has 0 heterocycles.